The molecule has 0 radical (unpaired) electrons. The lowest BCUT2D eigenvalue weighted by Gasteiger charge is -2.14. The van der Waals surface area contributed by atoms with Crippen LogP contribution < -0.4 is 4.74 Å². The quantitative estimate of drug-likeness (QED) is 0.634. The van der Waals surface area contributed by atoms with Gasteiger partial charge in [0.2, 0.25) is 0 Å². The molecule has 2 rings (SSSR count). The number of rotatable bonds is 5. The molecule has 108 valence electrons. The Labute approximate surface area is 127 Å². The lowest BCUT2D eigenvalue weighted by Crippen LogP contribution is -1.94. The lowest BCUT2D eigenvalue weighted by atomic mass is 9.96. The van der Waals surface area contributed by atoms with E-state index in [2.05, 4.69) is 67.6 Å². The second kappa shape index (κ2) is 7.49. The molecular weight excluding hydrogens is 256 g/mol. The van der Waals surface area contributed by atoms with E-state index in [0.29, 0.717) is 0 Å². The van der Waals surface area contributed by atoms with Crippen molar-refractivity contribution in [2.75, 3.05) is 7.11 Å². The molecule has 0 saturated heterocycles. The van der Waals surface area contributed by atoms with Gasteiger partial charge in [0.15, 0.2) is 0 Å². The van der Waals surface area contributed by atoms with Crippen molar-refractivity contribution in [2.24, 2.45) is 0 Å². The number of methoxy groups -OCH3 is 1. The molecule has 0 aliphatic heterocycles. The second-order valence-electron chi connectivity index (χ2n) is 4.82. The van der Waals surface area contributed by atoms with Crippen LogP contribution in [0.3, 0.4) is 0 Å². The molecule has 0 fully saturated rings. The SMILES string of the molecule is C/C=C\C(=C/CC)c1cccc(-c2ccccc2)c1OC. The molecular formula is C20H22O. The Balaban J connectivity index is 2.61. The Bertz CT molecular complexity index is 636. The zero-order valence-electron chi connectivity index (χ0n) is 13.0. The molecule has 0 atom stereocenters. The Hall–Kier alpha value is -2.28. The summed E-state index contributed by atoms with van der Waals surface area (Å²) in [5, 5.41) is 0. The van der Waals surface area contributed by atoms with Gasteiger partial charge in [-0.25, -0.2) is 0 Å². The van der Waals surface area contributed by atoms with Crippen molar-refractivity contribution < 1.29 is 4.74 Å². The molecule has 1 nitrogen and oxygen atoms in total. The van der Waals surface area contributed by atoms with E-state index in [4.69, 9.17) is 4.74 Å². The molecule has 0 heterocycles. The van der Waals surface area contributed by atoms with Gasteiger partial charge in [-0.2, -0.15) is 0 Å². The van der Waals surface area contributed by atoms with Crippen LogP contribution in [-0.4, -0.2) is 7.11 Å². The monoisotopic (exact) mass is 278 g/mol. The molecule has 21 heavy (non-hydrogen) atoms. The first-order valence-electron chi connectivity index (χ1n) is 7.37. The van der Waals surface area contributed by atoms with Crippen LogP contribution in [0.4, 0.5) is 0 Å². The molecule has 0 bridgehead atoms. The minimum atomic E-state index is 0.932. The maximum atomic E-state index is 5.73. The summed E-state index contributed by atoms with van der Waals surface area (Å²) in [6.07, 6.45) is 7.43. The molecule has 0 spiro atoms. The van der Waals surface area contributed by atoms with Crippen molar-refractivity contribution in [3.8, 4) is 16.9 Å². The molecule has 0 aliphatic rings. The zero-order valence-corrected chi connectivity index (χ0v) is 13.0. The van der Waals surface area contributed by atoms with Crippen LogP contribution in [0.25, 0.3) is 16.7 Å². The van der Waals surface area contributed by atoms with Gasteiger partial charge >= 0.3 is 0 Å². The van der Waals surface area contributed by atoms with Crippen molar-refractivity contribution in [1.82, 2.24) is 0 Å². The minimum Gasteiger partial charge on any atom is -0.495 e. The van der Waals surface area contributed by atoms with Gasteiger partial charge in [0.1, 0.15) is 5.75 Å². The molecule has 1 heteroatoms. The van der Waals surface area contributed by atoms with Crippen LogP contribution in [0.1, 0.15) is 25.8 Å². The van der Waals surface area contributed by atoms with Crippen LogP contribution in [0, 0.1) is 0 Å². The summed E-state index contributed by atoms with van der Waals surface area (Å²) in [4.78, 5) is 0. The molecule has 0 N–H and O–H groups in total. The average molecular weight is 278 g/mol. The summed E-state index contributed by atoms with van der Waals surface area (Å²) in [6, 6.07) is 16.7. The fourth-order valence-corrected chi connectivity index (χ4v) is 2.50. The molecule has 0 saturated carbocycles. The third-order valence-corrected chi connectivity index (χ3v) is 3.39. The summed E-state index contributed by atoms with van der Waals surface area (Å²) in [5.74, 6) is 0.932. The molecule has 0 amide bonds. The molecule has 2 aromatic rings. The Morgan fingerprint density at radius 3 is 2.43 bits per heavy atom. The third-order valence-electron chi connectivity index (χ3n) is 3.39. The van der Waals surface area contributed by atoms with E-state index in [1.807, 2.05) is 13.0 Å². The Morgan fingerprint density at radius 1 is 1.05 bits per heavy atom. The maximum absolute atomic E-state index is 5.73. The van der Waals surface area contributed by atoms with Gasteiger partial charge in [-0.1, -0.05) is 73.7 Å². The molecule has 0 aliphatic carbocycles. The summed E-state index contributed by atoms with van der Waals surface area (Å²) in [5.41, 5.74) is 4.64. The maximum Gasteiger partial charge on any atom is 0.134 e. The van der Waals surface area contributed by atoms with E-state index in [-0.39, 0.29) is 0 Å². The second-order valence-corrected chi connectivity index (χ2v) is 4.82. The van der Waals surface area contributed by atoms with Crippen LogP contribution in [0.5, 0.6) is 5.75 Å². The molecule has 2 aromatic carbocycles. The lowest BCUT2D eigenvalue weighted by molar-refractivity contribution is 0.415. The van der Waals surface area contributed by atoms with Crippen molar-refractivity contribution in [2.45, 2.75) is 20.3 Å². The van der Waals surface area contributed by atoms with Gasteiger partial charge in [-0.3, -0.25) is 0 Å². The van der Waals surface area contributed by atoms with Gasteiger partial charge in [-0.05, 0) is 24.5 Å². The van der Waals surface area contributed by atoms with Gasteiger partial charge in [0.05, 0.1) is 7.11 Å². The van der Waals surface area contributed by atoms with Crippen molar-refractivity contribution in [1.29, 1.82) is 0 Å². The number of benzene rings is 2. The van der Waals surface area contributed by atoms with Crippen molar-refractivity contribution in [3.63, 3.8) is 0 Å². The van der Waals surface area contributed by atoms with E-state index in [0.717, 1.165) is 23.3 Å². The number of hydrogen-bond acceptors (Lipinski definition) is 1. The fourth-order valence-electron chi connectivity index (χ4n) is 2.50. The van der Waals surface area contributed by atoms with Gasteiger partial charge in [0, 0.05) is 11.1 Å². The smallest absolute Gasteiger partial charge is 0.134 e. The van der Waals surface area contributed by atoms with Gasteiger partial charge in [-0.15, -0.1) is 0 Å². The molecule has 0 unspecified atom stereocenters. The largest absolute Gasteiger partial charge is 0.495 e. The van der Waals surface area contributed by atoms with Crippen LogP contribution in [-0.2, 0) is 0 Å². The third kappa shape index (κ3) is 3.43. The van der Waals surface area contributed by atoms with Crippen LogP contribution in [0.2, 0.25) is 0 Å². The van der Waals surface area contributed by atoms with E-state index >= 15 is 0 Å². The Morgan fingerprint density at radius 2 is 1.81 bits per heavy atom. The van der Waals surface area contributed by atoms with Crippen LogP contribution >= 0.6 is 0 Å². The van der Waals surface area contributed by atoms with E-state index in [1.54, 1.807) is 7.11 Å². The highest BCUT2D eigenvalue weighted by Gasteiger charge is 2.12. The summed E-state index contributed by atoms with van der Waals surface area (Å²) in [6.45, 7) is 4.19. The zero-order chi connectivity index (χ0) is 15.1. The predicted molar refractivity (Wildman–Crippen MR) is 91.5 cm³/mol. The summed E-state index contributed by atoms with van der Waals surface area (Å²) in [7, 11) is 1.74. The standard InChI is InChI=1S/C20H22O/c1-4-10-16(11-5-2)18-14-9-15-19(20(18)21-3)17-12-7-6-8-13-17/h4,6-15H,5H2,1-3H3/b10-4-,16-11+. The van der Waals surface area contributed by atoms with Crippen LogP contribution in [0.15, 0.2) is 66.8 Å². The average Bonchev–Trinajstić information content (AvgIpc) is 2.54. The van der Waals surface area contributed by atoms with E-state index in [1.165, 1.54) is 11.1 Å². The highest BCUT2D eigenvalue weighted by molar-refractivity contribution is 5.84. The number of ether oxygens (including phenoxy) is 1. The normalized spacial score (nSPS) is 11.9. The van der Waals surface area contributed by atoms with E-state index < -0.39 is 0 Å². The summed E-state index contributed by atoms with van der Waals surface area (Å²) < 4.78 is 5.73. The Kier molecular flexibility index (Phi) is 5.39. The van der Waals surface area contributed by atoms with Gasteiger partial charge < -0.3 is 4.74 Å². The topological polar surface area (TPSA) is 9.23 Å². The summed E-state index contributed by atoms with van der Waals surface area (Å²) >= 11 is 0. The highest BCUT2D eigenvalue weighted by atomic mass is 16.5. The minimum absolute atomic E-state index is 0.932. The van der Waals surface area contributed by atoms with Crippen molar-refractivity contribution >= 4 is 5.57 Å². The number of para-hydroxylation sites is 1. The highest BCUT2D eigenvalue weighted by Crippen LogP contribution is 2.37. The first-order chi connectivity index (χ1) is 10.3. The van der Waals surface area contributed by atoms with Crippen molar-refractivity contribution in [3.05, 3.63) is 72.3 Å². The first-order valence-corrected chi connectivity index (χ1v) is 7.37. The predicted octanol–water partition coefficient (Wildman–Crippen LogP) is 5.73. The first kappa shape index (κ1) is 15.1. The van der Waals surface area contributed by atoms with Gasteiger partial charge in [0.25, 0.3) is 0 Å². The molecule has 0 aromatic heterocycles. The fraction of sp³-hybridized carbons (Fsp3) is 0.200. The number of allylic oxidation sites excluding steroid dienone is 4. The van der Waals surface area contributed by atoms with E-state index in [9.17, 15) is 0 Å². The number of hydrogen-bond donors (Lipinski definition) is 0.